The van der Waals surface area contributed by atoms with Crippen LogP contribution in [0.3, 0.4) is 0 Å². The minimum atomic E-state index is 0.831. The number of rotatable bonds is 1. The van der Waals surface area contributed by atoms with Crippen molar-refractivity contribution in [2.45, 2.75) is 34.6 Å². The van der Waals surface area contributed by atoms with Crippen LogP contribution in [0.4, 0.5) is 0 Å². The third-order valence-corrected chi connectivity index (χ3v) is 3.08. The lowest BCUT2D eigenvalue weighted by molar-refractivity contribution is 1.01. The van der Waals surface area contributed by atoms with Crippen molar-refractivity contribution in [1.82, 2.24) is 9.97 Å². The van der Waals surface area contributed by atoms with Crippen LogP contribution in [0.1, 0.15) is 28.2 Å². The summed E-state index contributed by atoms with van der Waals surface area (Å²) < 4.78 is 0. The zero-order chi connectivity index (χ0) is 12.6. The van der Waals surface area contributed by atoms with Crippen molar-refractivity contribution in [2.24, 2.45) is 0 Å². The topological polar surface area (TPSA) is 25.8 Å². The molecule has 0 N–H and O–H groups in total. The van der Waals surface area contributed by atoms with Crippen molar-refractivity contribution in [3.05, 3.63) is 46.4 Å². The van der Waals surface area contributed by atoms with Crippen LogP contribution in [-0.2, 0) is 0 Å². The van der Waals surface area contributed by atoms with Gasteiger partial charge in [-0.3, -0.25) is 0 Å². The number of aryl methyl sites for hydroxylation is 5. The summed E-state index contributed by atoms with van der Waals surface area (Å²) in [7, 11) is 0. The van der Waals surface area contributed by atoms with Gasteiger partial charge in [0, 0.05) is 11.3 Å². The van der Waals surface area contributed by atoms with Crippen molar-refractivity contribution in [3.8, 4) is 11.3 Å². The fourth-order valence-electron chi connectivity index (χ4n) is 2.09. The molecule has 0 atom stereocenters. The summed E-state index contributed by atoms with van der Waals surface area (Å²) in [6.07, 6.45) is 0. The average Bonchev–Trinajstić information content (AvgIpc) is 2.22. The average molecular weight is 226 g/mol. The van der Waals surface area contributed by atoms with E-state index in [0.717, 1.165) is 17.2 Å². The second-order valence-corrected chi connectivity index (χ2v) is 4.69. The summed E-state index contributed by atoms with van der Waals surface area (Å²) >= 11 is 0. The number of hydrogen-bond donors (Lipinski definition) is 0. The Morgan fingerprint density at radius 3 is 2.00 bits per heavy atom. The van der Waals surface area contributed by atoms with Crippen LogP contribution in [-0.4, -0.2) is 9.97 Å². The third-order valence-electron chi connectivity index (χ3n) is 3.08. The van der Waals surface area contributed by atoms with Crippen LogP contribution in [0.15, 0.2) is 18.2 Å². The minimum absolute atomic E-state index is 0.831. The fourth-order valence-corrected chi connectivity index (χ4v) is 2.09. The highest BCUT2D eigenvalue weighted by atomic mass is 14.9. The Hall–Kier alpha value is -1.70. The molecule has 2 nitrogen and oxygen atoms in total. The molecule has 0 fully saturated rings. The predicted molar refractivity (Wildman–Crippen MR) is 71.2 cm³/mol. The lowest BCUT2D eigenvalue weighted by Crippen LogP contribution is -1.96. The third kappa shape index (κ3) is 2.36. The smallest absolute Gasteiger partial charge is 0.126 e. The molecule has 0 aliphatic rings. The normalized spacial score (nSPS) is 10.6. The van der Waals surface area contributed by atoms with Crippen LogP contribution in [0.2, 0.25) is 0 Å². The molecule has 0 aliphatic heterocycles. The zero-order valence-corrected chi connectivity index (χ0v) is 11.1. The van der Waals surface area contributed by atoms with Gasteiger partial charge in [0.05, 0.1) is 5.69 Å². The van der Waals surface area contributed by atoms with Gasteiger partial charge in [0.2, 0.25) is 0 Å². The minimum Gasteiger partial charge on any atom is -0.239 e. The quantitative estimate of drug-likeness (QED) is 0.741. The van der Waals surface area contributed by atoms with Crippen molar-refractivity contribution in [3.63, 3.8) is 0 Å². The number of benzene rings is 1. The summed E-state index contributed by atoms with van der Waals surface area (Å²) in [6.45, 7) is 10.4. The maximum atomic E-state index is 4.52. The van der Waals surface area contributed by atoms with Gasteiger partial charge in [-0.05, 0) is 63.4 Å². The van der Waals surface area contributed by atoms with E-state index >= 15 is 0 Å². The molecular formula is C15H18N2. The van der Waals surface area contributed by atoms with Crippen LogP contribution in [0.5, 0.6) is 0 Å². The molecule has 0 aliphatic carbocycles. The van der Waals surface area contributed by atoms with E-state index < -0.39 is 0 Å². The van der Waals surface area contributed by atoms with Crippen LogP contribution >= 0.6 is 0 Å². The molecular weight excluding hydrogens is 208 g/mol. The van der Waals surface area contributed by atoms with Gasteiger partial charge < -0.3 is 0 Å². The SMILES string of the molecule is Cc1cc(-c2cc(C)c(C)cc2C)nc(C)n1. The molecule has 88 valence electrons. The molecule has 0 radical (unpaired) electrons. The van der Waals surface area contributed by atoms with E-state index in [2.05, 4.69) is 42.9 Å². The molecule has 0 bridgehead atoms. The monoisotopic (exact) mass is 226 g/mol. The molecule has 1 heterocycles. The molecule has 2 aromatic rings. The Labute approximate surface area is 103 Å². The van der Waals surface area contributed by atoms with Gasteiger partial charge in [0.15, 0.2) is 0 Å². The van der Waals surface area contributed by atoms with E-state index in [1.54, 1.807) is 0 Å². The maximum absolute atomic E-state index is 4.52. The van der Waals surface area contributed by atoms with E-state index in [1.807, 2.05) is 19.9 Å². The van der Waals surface area contributed by atoms with Gasteiger partial charge in [-0.2, -0.15) is 0 Å². The number of nitrogens with zero attached hydrogens (tertiary/aromatic N) is 2. The number of aromatic nitrogens is 2. The first kappa shape index (κ1) is 11.8. The maximum Gasteiger partial charge on any atom is 0.126 e. The summed E-state index contributed by atoms with van der Waals surface area (Å²) in [5, 5.41) is 0. The van der Waals surface area contributed by atoms with Gasteiger partial charge in [-0.25, -0.2) is 9.97 Å². The zero-order valence-electron chi connectivity index (χ0n) is 11.1. The lowest BCUT2D eigenvalue weighted by atomic mass is 9.98. The first-order valence-corrected chi connectivity index (χ1v) is 5.88. The Morgan fingerprint density at radius 1 is 0.706 bits per heavy atom. The molecule has 1 aromatic carbocycles. The summed E-state index contributed by atoms with van der Waals surface area (Å²) in [4.78, 5) is 8.84. The van der Waals surface area contributed by atoms with E-state index in [0.29, 0.717) is 0 Å². The van der Waals surface area contributed by atoms with E-state index in [-0.39, 0.29) is 0 Å². The highest BCUT2D eigenvalue weighted by Crippen LogP contribution is 2.25. The van der Waals surface area contributed by atoms with E-state index in [4.69, 9.17) is 0 Å². The van der Waals surface area contributed by atoms with Gasteiger partial charge in [0.25, 0.3) is 0 Å². The van der Waals surface area contributed by atoms with Crippen molar-refractivity contribution >= 4 is 0 Å². The van der Waals surface area contributed by atoms with Gasteiger partial charge >= 0.3 is 0 Å². The Morgan fingerprint density at radius 2 is 1.35 bits per heavy atom. The highest BCUT2D eigenvalue weighted by Gasteiger charge is 2.07. The van der Waals surface area contributed by atoms with Crippen molar-refractivity contribution in [1.29, 1.82) is 0 Å². The molecule has 0 unspecified atom stereocenters. The van der Waals surface area contributed by atoms with Crippen molar-refractivity contribution < 1.29 is 0 Å². The van der Waals surface area contributed by atoms with Gasteiger partial charge in [-0.15, -0.1) is 0 Å². The molecule has 1 aromatic heterocycles. The van der Waals surface area contributed by atoms with E-state index in [9.17, 15) is 0 Å². The van der Waals surface area contributed by atoms with E-state index in [1.165, 1.54) is 22.3 Å². The second-order valence-electron chi connectivity index (χ2n) is 4.69. The van der Waals surface area contributed by atoms with Crippen LogP contribution in [0, 0.1) is 34.6 Å². The number of hydrogen-bond acceptors (Lipinski definition) is 2. The Balaban J connectivity index is 2.64. The van der Waals surface area contributed by atoms with Crippen LogP contribution < -0.4 is 0 Å². The molecule has 0 saturated heterocycles. The predicted octanol–water partition coefficient (Wildman–Crippen LogP) is 3.69. The fraction of sp³-hybridized carbons (Fsp3) is 0.333. The van der Waals surface area contributed by atoms with Gasteiger partial charge in [0.1, 0.15) is 5.82 Å². The molecule has 0 amide bonds. The molecule has 0 spiro atoms. The first-order chi connectivity index (χ1) is 7.97. The standard InChI is InChI=1S/C15H18N2/c1-9-6-11(3)14(7-10(9)2)15-8-12(4)16-13(5)17-15/h6-8H,1-5H3. The largest absolute Gasteiger partial charge is 0.239 e. The Kier molecular flexibility index (Phi) is 2.97. The Bertz CT molecular complexity index is 551. The molecule has 17 heavy (non-hydrogen) atoms. The summed E-state index contributed by atoms with van der Waals surface area (Å²) in [6, 6.07) is 6.48. The molecule has 0 saturated carbocycles. The van der Waals surface area contributed by atoms with Crippen LogP contribution in [0.25, 0.3) is 11.3 Å². The molecule has 2 heteroatoms. The van der Waals surface area contributed by atoms with Gasteiger partial charge in [-0.1, -0.05) is 6.07 Å². The first-order valence-electron chi connectivity index (χ1n) is 5.88. The van der Waals surface area contributed by atoms with Crippen molar-refractivity contribution in [2.75, 3.05) is 0 Å². The second kappa shape index (κ2) is 4.28. The molecule has 2 rings (SSSR count). The summed E-state index contributed by atoms with van der Waals surface area (Å²) in [5.41, 5.74) is 7.15. The lowest BCUT2D eigenvalue weighted by Gasteiger charge is -2.10. The highest BCUT2D eigenvalue weighted by molar-refractivity contribution is 5.65. The summed E-state index contributed by atoms with van der Waals surface area (Å²) in [5.74, 6) is 0.831.